The van der Waals surface area contributed by atoms with Crippen LogP contribution in [0, 0.1) is 12.7 Å². The standard InChI is InChI=1S/C14H13BrFNO/c1-9-2-4-11(7-13(9)16)17-8-10-3-5-14(18)12(15)6-10/h2-7,17-18H,8H2,1H3. The molecule has 2 N–H and O–H groups in total. The van der Waals surface area contributed by atoms with Gasteiger partial charge in [0, 0.05) is 12.2 Å². The molecule has 2 aromatic rings. The summed E-state index contributed by atoms with van der Waals surface area (Å²) in [5, 5.41) is 12.5. The molecular weight excluding hydrogens is 297 g/mol. The van der Waals surface area contributed by atoms with Gasteiger partial charge in [0.2, 0.25) is 0 Å². The molecule has 0 amide bonds. The number of benzene rings is 2. The lowest BCUT2D eigenvalue weighted by Crippen LogP contribution is -2.00. The number of aromatic hydroxyl groups is 1. The number of anilines is 1. The van der Waals surface area contributed by atoms with Gasteiger partial charge in [0.1, 0.15) is 11.6 Å². The molecule has 0 unspecified atom stereocenters. The van der Waals surface area contributed by atoms with E-state index in [-0.39, 0.29) is 11.6 Å². The summed E-state index contributed by atoms with van der Waals surface area (Å²) in [6, 6.07) is 10.3. The zero-order chi connectivity index (χ0) is 13.1. The van der Waals surface area contributed by atoms with E-state index in [0.717, 1.165) is 11.3 Å². The van der Waals surface area contributed by atoms with Crippen LogP contribution in [0.15, 0.2) is 40.9 Å². The minimum absolute atomic E-state index is 0.208. The van der Waals surface area contributed by atoms with E-state index >= 15 is 0 Å². The Hall–Kier alpha value is -1.55. The van der Waals surface area contributed by atoms with Crippen molar-refractivity contribution in [2.75, 3.05) is 5.32 Å². The first kappa shape index (κ1) is 12.9. The van der Waals surface area contributed by atoms with Crippen LogP contribution in [0.1, 0.15) is 11.1 Å². The van der Waals surface area contributed by atoms with Gasteiger partial charge in [-0.25, -0.2) is 4.39 Å². The van der Waals surface area contributed by atoms with Crippen molar-refractivity contribution >= 4 is 21.6 Å². The maximum Gasteiger partial charge on any atom is 0.129 e. The third-order valence-corrected chi connectivity index (χ3v) is 3.32. The number of phenols is 1. The lowest BCUT2D eigenvalue weighted by molar-refractivity contribution is 0.471. The summed E-state index contributed by atoms with van der Waals surface area (Å²) < 4.78 is 14.0. The highest BCUT2D eigenvalue weighted by molar-refractivity contribution is 9.10. The molecule has 94 valence electrons. The highest BCUT2D eigenvalue weighted by Crippen LogP contribution is 2.24. The summed E-state index contributed by atoms with van der Waals surface area (Å²) >= 11 is 3.26. The molecule has 2 rings (SSSR count). The van der Waals surface area contributed by atoms with Crippen LogP contribution in [0.3, 0.4) is 0 Å². The van der Waals surface area contributed by atoms with Crippen LogP contribution in [0.4, 0.5) is 10.1 Å². The minimum atomic E-state index is -0.216. The molecule has 0 atom stereocenters. The van der Waals surface area contributed by atoms with E-state index < -0.39 is 0 Å². The first-order chi connectivity index (χ1) is 8.56. The fraction of sp³-hybridized carbons (Fsp3) is 0.143. The van der Waals surface area contributed by atoms with Gasteiger partial charge in [0.05, 0.1) is 4.47 Å². The smallest absolute Gasteiger partial charge is 0.129 e. The first-order valence-electron chi connectivity index (χ1n) is 5.53. The van der Waals surface area contributed by atoms with Gasteiger partial charge in [0.15, 0.2) is 0 Å². The van der Waals surface area contributed by atoms with Crippen LogP contribution in [0.2, 0.25) is 0 Å². The van der Waals surface area contributed by atoms with Crippen molar-refractivity contribution in [3.05, 3.63) is 57.8 Å². The first-order valence-corrected chi connectivity index (χ1v) is 6.33. The van der Waals surface area contributed by atoms with E-state index in [0.29, 0.717) is 16.6 Å². The molecule has 0 heterocycles. The van der Waals surface area contributed by atoms with Crippen molar-refractivity contribution in [3.63, 3.8) is 0 Å². The number of hydrogen-bond acceptors (Lipinski definition) is 2. The molecule has 0 saturated carbocycles. The maximum atomic E-state index is 13.3. The summed E-state index contributed by atoms with van der Waals surface area (Å²) in [5.41, 5.74) is 2.37. The zero-order valence-electron chi connectivity index (χ0n) is 9.87. The Balaban J connectivity index is 2.06. The second kappa shape index (κ2) is 5.40. The third-order valence-electron chi connectivity index (χ3n) is 2.68. The molecule has 0 radical (unpaired) electrons. The van der Waals surface area contributed by atoms with Gasteiger partial charge in [-0.15, -0.1) is 0 Å². The average molecular weight is 310 g/mol. The van der Waals surface area contributed by atoms with Crippen LogP contribution in [-0.4, -0.2) is 5.11 Å². The molecular formula is C14H13BrFNO. The van der Waals surface area contributed by atoms with Crippen LogP contribution in [0.25, 0.3) is 0 Å². The molecule has 2 nitrogen and oxygen atoms in total. The van der Waals surface area contributed by atoms with Gasteiger partial charge in [-0.2, -0.15) is 0 Å². The summed E-state index contributed by atoms with van der Waals surface area (Å²) in [5.74, 6) is -0.00739. The van der Waals surface area contributed by atoms with E-state index in [2.05, 4.69) is 21.2 Å². The van der Waals surface area contributed by atoms with E-state index in [4.69, 9.17) is 0 Å². The van der Waals surface area contributed by atoms with Crippen LogP contribution >= 0.6 is 15.9 Å². The predicted octanol–water partition coefficient (Wildman–Crippen LogP) is 4.21. The molecule has 0 aliphatic rings. The summed E-state index contributed by atoms with van der Waals surface area (Å²) in [7, 11) is 0. The molecule has 0 aromatic heterocycles. The quantitative estimate of drug-likeness (QED) is 0.890. The SMILES string of the molecule is Cc1ccc(NCc2ccc(O)c(Br)c2)cc1F. The van der Waals surface area contributed by atoms with Crippen LogP contribution in [-0.2, 0) is 6.54 Å². The summed E-state index contributed by atoms with van der Waals surface area (Å²) in [6.45, 7) is 2.30. The van der Waals surface area contributed by atoms with Gasteiger partial charge < -0.3 is 10.4 Å². The Morgan fingerprint density at radius 1 is 1.22 bits per heavy atom. The normalized spacial score (nSPS) is 10.4. The molecule has 18 heavy (non-hydrogen) atoms. The van der Waals surface area contributed by atoms with Gasteiger partial charge in [-0.1, -0.05) is 12.1 Å². The topological polar surface area (TPSA) is 32.3 Å². The predicted molar refractivity (Wildman–Crippen MR) is 74.3 cm³/mol. The van der Waals surface area contributed by atoms with Gasteiger partial charge in [0.25, 0.3) is 0 Å². The fourth-order valence-corrected chi connectivity index (χ4v) is 1.99. The maximum absolute atomic E-state index is 13.3. The zero-order valence-corrected chi connectivity index (χ0v) is 11.5. The summed E-state index contributed by atoms with van der Waals surface area (Å²) in [4.78, 5) is 0. The highest BCUT2D eigenvalue weighted by Gasteiger charge is 2.01. The Bertz CT molecular complexity index is 520. The lowest BCUT2D eigenvalue weighted by Gasteiger charge is -2.08. The molecule has 0 saturated heterocycles. The Kier molecular flexibility index (Phi) is 3.87. The fourth-order valence-electron chi connectivity index (χ4n) is 1.57. The summed E-state index contributed by atoms with van der Waals surface area (Å²) in [6.07, 6.45) is 0. The molecule has 4 heteroatoms. The van der Waals surface area contributed by atoms with Crippen molar-refractivity contribution in [2.24, 2.45) is 0 Å². The molecule has 0 aliphatic heterocycles. The Morgan fingerprint density at radius 3 is 2.67 bits per heavy atom. The number of hydrogen-bond donors (Lipinski definition) is 2. The lowest BCUT2D eigenvalue weighted by atomic mass is 10.2. The second-order valence-electron chi connectivity index (χ2n) is 4.10. The van der Waals surface area contributed by atoms with Crippen molar-refractivity contribution in [1.29, 1.82) is 0 Å². The van der Waals surface area contributed by atoms with E-state index in [1.807, 2.05) is 18.2 Å². The third kappa shape index (κ3) is 3.01. The number of nitrogens with one attached hydrogen (secondary N) is 1. The van der Waals surface area contributed by atoms with Crippen molar-refractivity contribution in [2.45, 2.75) is 13.5 Å². The van der Waals surface area contributed by atoms with Crippen molar-refractivity contribution < 1.29 is 9.50 Å². The van der Waals surface area contributed by atoms with E-state index in [9.17, 15) is 9.50 Å². The Labute approximate surface area is 114 Å². The molecule has 0 fully saturated rings. The molecule has 0 spiro atoms. The monoisotopic (exact) mass is 309 g/mol. The number of halogens is 2. The molecule has 0 bridgehead atoms. The average Bonchev–Trinajstić information content (AvgIpc) is 2.35. The number of phenolic OH excluding ortho intramolecular Hbond substituents is 1. The molecule has 2 aromatic carbocycles. The van der Waals surface area contributed by atoms with Gasteiger partial charge in [-0.3, -0.25) is 0 Å². The number of rotatable bonds is 3. The molecule has 0 aliphatic carbocycles. The van der Waals surface area contributed by atoms with Crippen molar-refractivity contribution in [1.82, 2.24) is 0 Å². The van der Waals surface area contributed by atoms with Gasteiger partial charge >= 0.3 is 0 Å². The number of aryl methyl sites for hydroxylation is 1. The minimum Gasteiger partial charge on any atom is -0.507 e. The van der Waals surface area contributed by atoms with Gasteiger partial charge in [-0.05, 0) is 58.2 Å². The largest absolute Gasteiger partial charge is 0.507 e. The van der Waals surface area contributed by atoms with Crippen LogP contribution < -0.4 is 5.32 Å². The second-order valence-corrected chi connectivity index (χ2v) is 4.96. The van der Waals surface area contributed by atoms with Crippen LogP contribution in [0.5, 0.6) is 5.75 Å². The van der Waals surface area contributed by atoms with E-state index in [1.165, 1.54) is 6.07 Å². The van der Waals surface area contributed by atoms with Crippen molar-refractivity contribution in [3.8, 4) is 5.75 Å². The van der Waals surface area contributed by atoms with E-state index in [1.54, 1.807) is 19.1 Å². The Morgan fingerprint density at radius 2 is 2.00 bits per heavy atom. The highest BCUT2D eigenvalue weighted by atomic mass is 79.9.